The molecule has 1 atom stereocenters. The van der Waals surface area contributed by atoms with Crippen molar-refractivity contribution in [3.8, 4) is 0 Å². The molecule has 0 spiro atoms. The molecule has 2 heterocycles. The van der Waals surface area contributed by atoms with Crippen LogP contribution in [0.3, 0.4) is 0 Å². The molecule has 104 valence electrons. The number of likely N-dealkylation sites (tertiary alicyclic amines) is 1. The average Bonchev–Trinajstić information content (AvgIpc) is 2.50. The van der Waals surface area contributed by atoms with E-state index in [9.17, 15) is 0 Å². The second kappa shape index (κ2) is 6.53. The van der Waals surface area contributed by atoms with E-state index in [0.29, 0.717) is 0 Å². The lowest BCUT2D eigenvalue weighted by molar-refractivity contribution is 0.128. The molecule has 2 saturated heterocycles. The van der Waals surface area contributed by atoms with Gasteiger partial charge in [-0.2, -0.15) is 0 Å². The Balaban J connectivity index is 1.46. The number of nitrogens with zero attached hydrogens (tertiary/aromatic N) is 1. The minimum atomic E-state index is 0.952. The molecule has 2 nitrogen and oxygen atoms in total. The molecule has 1 N–H and O–H groups in total. The van der Waals surface area contributed by atoms with Crippen LogP contribution in [0.1, 0.15) is 31.2 Å². The zero-order chi connectivity index (χ0) is 12.9. The quantitative estimate of drug-likeness (QED) is 0.897. The monoisotopic (exact) mass is 258 g/mol. The minimum absolute atomic E-state index is 0.952. The van der Waals surface area contributed by atoms with Crippen molar-refractivity contribution in [1.29, 1.82) is 0 Å². The summed E-state index contributed by atoms with van der Waals surface area (Å²) < 4.78 is 0. The standard InChI is InChI=1S/C17H26N2/c1-2-5-15(6-3-1)14-19-11-8-16(9-12-19)17-7-4-10-18-13-17/h1-3,5-6,16-18H,4,7-14H2. The molecule has 0 radical (unpaired) electrons. The highest BCUT2D eigenvalue weighted by molar-refractivity contribution is 5.14. The third kappa shape index (κ3) is 3.58. The largest absolute Gasteiger partial charge is 0.316 e. The number of piperidine rings is 2. The van der Waals surface area contributed by atoms with Gasteiger partial charge >= 0.3 is 0 Å². The van der Waals surface area contributed by atoms with E-state index in [1.165, 1.54) is 57.4 Å². The highest BCUT2D eigenvalue weighted by atomic mass is 15.1. The summed E-state index contributed by atoms with van der Waals surface area (Å²) in [6.07, 6.45) is 5.64. The SMILES string of the molecule is c1ccc(CN2CCC(C3CCCNC3)CC2)cc1. The zero-order valence-electron chi connectivity index (χ0n) is 11.9. The summed E-state index contributed by atoms with van der Waals surface area (Å²) in [5.41, 5.74) is 1.46. The summed E-state index contributed by atoms with van der Waals surface area (Å²) in [4.78, 5) is 2.63. The van der Waals surface area contributed by atoms with E-state index in [0.717, 1.165) is 18.4 Å². The highest BCUT2D eigenvalue weighted by Gasteiger charge is 2.27. The number of hydrogen-bond donors (Lipinski definition) is 1. The second-order valence-corrected chi connectivity index (χ2v) is 6.21. The predicted molar refractivity (Wildman–Crippen MR) is 80.0 cm³/mol. The topological polar surface area (TPSA) is 15.3 Å². The van der Waals surface area contributed by atoms with Gasteiger partial charge in [-0.15, -0.1) is 0 Å². The van der Waals surface area contributed by atoms with Crippen molar-refractivity contribution >= 4 is 0 Å². The molecule has 1 aromatic carbocycles. The summed E-state index contributed by atoms with van der Waals surface area (Å²) >= 11 is 0. The molecule has 0 aromatic heterocycles. The van der Waals surface area contributed by atoms with Crippen LogP contribution in [0.2, 0.25) is 0 Å². The molecule has 2 fully saturated rings. The Hall–Kier alpha value is -0.860. The Morgan fingerprint density at radius 3 is 2.47 bits per heavy atom. The van der Waals surface area contributed by atoms with Crippen LogP contribution in [0.25, 0.3) is 0 Å². The van der Waals surface area contributed by atoms with Gasteiger partial charge in [0.1, 0.15) is 0 Å². The molecule has 3 rings (SSSR count). The Morgan fingerprint density at radius 2 is 1.79 bits per heavy atom. The third-order valence-corrected chi connectivity index (χ3v) is 4.88. The van der Waals surface area contributed by atoms with Gasteiger partial charge in [0.25, 0.3) is 0 Å². The second-order valence-electron chi connectivity index (χ2n) is 6.21. The molecule has 1 unspecified atom stereocenters. The Bertz CT molecular complexity index is 362. The first-order valence-corrected chi connectivity index (χ1v) is 7.89. The van der Waals surface area contributed by atoms with Crippen molar-refractivity contribution in [2.24, 2.45) is 11.8 Å². The zero-order valence-corrected chi connectivity index (χ0v) is 11.9. The van der Waals surface area contributed by atoms with Crippen molar-refractivity contribution in [1.82, 2.24) is 10.2 Å². The summed E-state index contributed by atoms with van der Waals surface area (Å²) in [7, 11) is 0. The molecule has 2 aliphatic heterocycles. The van der Waals surface area contributed by atoms with E-state index in [1.54, 1.807) is 0 Å². The van der Waals surface area contributed by atoms with E-state index < -0.39 is 0 Å². The number of nitrogens with one attached hydrogen (secondary N) is 1. The van der Waals surface area contributed by atoms with Crippen molar-refractivity contribution < 1.29 is 0 Å². The van der Waals surface area contributed by atoms with Gasteiger partial charge in [-0.1, -0.05) is 30.3 Å². The van der Waals surface area contributed by atoms with Crippen molar-refractivity contribution in [3.63, 3.8) is 0 Å². The van der Waals surface area contributed by atoms with Crippen LogP contribution in [0, 0.1) is 11.8 Å². The van der Waals surface area contributed by atoms with Crippen LogP contribution in [0.5, 0.6) is 0 Å². The number of hydrogen-bond acceptors (Lipinski definition) is 2. The lowest BCUT2D eigenvalue weighted by atomic mass is 9.80. The predicted octanol–water partition coefficient (Wildman–Crippen LogP) is 2.90. The molecule has 2 aliphatic rings. The van der Waals surface area contributed by atoms with Gasteiger partial charge in [0.15, 0.2) is 0 Å². The van der Waals surface area contributed by atoms with Crippen LogP contribution >= 0.6 is 0 Å². The van der Waals surface area contributed by atoms with Crippen LogP contribution < -0.4 is 5.32 Å². The summed E-state index contributed by atoms with van der Waals surface area (Å²) in [5.74, 6) is 1.92. The van der Waals surface area contributed by atoms with Crippen molar-refractivity contribution in [2.75, 3.05) is 26.2 Å². The van der Waals surface area contributed by atoms with Gasteiger partial charge in [0.05, 0.1) is 0 Å². The van der Waals surface area contributed by atoms with Gasteiger partial charge in [0.2, 0.25) is 0 Å². The molecular formula is C17H26N2. The highest BCUT2D eigenvalue weighted by Crippen LogP contribution is 2.29. The van der Waals surface area contributed by atoms with Crippen LogP contribution in [0.15, 0.2) is 30.3 Å². The molecule has 0 saturated carbocycles. The smallest absolute Gasteiger partial charge is 0.0233 e. The van der Waals surface area contributed by atoms with E-state index in [2.05, 4.69) is 40.5 Å². The Labute approximate surface area is 117 Å². The van der Waals surface area contributed by atoms with E-state index in [-0.39, 0.29) is 0 Å². The fourth-order valence-electron chi connectivity index (χ4n) is 3.71. The number of benzene rings is 1. The lowest BCUT2D eigenvalue weighted by Gasteiger charge is -2.37. The van der Waals surface area contributed by atoms with Crippen LogP contribution in [-0.4, -0.2) is 31.1 Å². The van der Waals surface area contributed by atoms with Gasteiger partial charge in [-0.3, -0.25) is 4.90 Å². The summed E-state index contributed by atoms with van der Waals surface area (Å²) in [6, 6.07) is 10.9. The minimum Gasteiger partial charge on any atom is -0.316 e. The van der Waals surface area contributed by atoms with E-state index >= 15 is 0 Å². The maximum absolute atomic E-state index is 3.57. The van der Waals surface area contributed by atoms with Gasteiger partial charge in [0, 0.05) is 6.54 Å². The molecule has 0 aliphatic carbocycles. The first-order valence-electron chi connectivity index (χ1n) is 7.89. The third-order valence-electron chi connectivity index (χ3n) is 4.88. The van der Waals surface area contributed by atoms with Crippen molar-refractivity contribution in [2.45, 2.75) is 32.2 Å². The van der Waals surface area contributed by atoms with E-state index in [1.807, 2.05) is 0 Å². The average molecular weight is 258 g/mol. The molecular weight excluding hydrogens is 232 g/mol. The molecule has 0 bridgehead atoms. The van der Waals surface area contributed by atoms with Crippen molar-refractivity contribution in [3.05, 3.63) is 35.9 Å². The van der Waals surface area contributed by atoms with Crippen LogP contribution in [-0.2, 0) is 6.54 Å². The van der Waals surface area contributed by atoms with Gasteiger partial charge in [-0.25, -0.2) is 0 Å². The maximum Gasteiger partial charge on any atom is 0.0233 e. The molecule has 2 heteroatoms. The summed E-state index contributed by atoms with van der Waals surface area (Å²) in [6.45, 7) is 6.22. The molecule has 0 amide bonds. The maximum atomic E-state index is 3.57. The van der Waals surface area contributed by atoms with Crippen LogP contribution in [0.4, 0.5) is 0 Å². The van der Waals surface area contributed by atoms with Gasteiger partial charge < -0.3 is 5.32 Å². The normalized spacial score (nSPS) is 26.4. The van der Waals surface area contributed by atoms with Gasteiger partial charge in [-0.05, 0) is 69.3 Å². The number of rotatable bonds is 3. The molecule has 1 aromatic rings. The Kier molecular flexibility index (Phi) is 4.52. The first kappa shape index (κ1) is 13.1. The van der Waals surface area contributed by atoms with E-state index in [4.69, 9.17) is 0 Å². The fourth-order valence-corrected chi connectivity index (χ4v) is 3.71. The summed E-state index contributed by atoms with van der Waals surface area (Å²) in [5, 5.41) is 3.57. The molecule has 19 heavy (non-hydrogen) atoms. The lowest BCUT2D eigenvalue weighted by Crippen LogP contribution is -2.40. The fraction of sp³-hybridized carbons (Fsp3) is 0.647. The first-order chi connectivity index (χ1) is 9.42. The Morgan fingerprint density at radius 1 is 1.00 bits per heavy atom.